The molecule has 0 bridgehead atoms. The summed E-state index contributed by atoms with van der Waals surface area (Å²) in [6.45, 7) is 0.673. The minimum absolute atomic E-state index is 0.0627. The van der Waals surface area contributed by atoms with Crippen LogP contribution in [0.25, 0.3) is 0 Å². The number of nitrogens with one attached hydrogen (secondary N) is 1. The molecule has 0 radical (unpaired) electrons. The van der Waals surface area contributed by atoms with E-state index in [4.69, 9.17) is 4.74 Å². The molecule has 1 fully saturated rings. The van der Waals surface area contributed by atoms with Crippen molar-refractivity contribution in [3.63, 3.8) is 0 Å². The predicted molar refractivity (Wildman–Crippen MR) is 75.0 cm³/mol. The number of ether oxygens (including phenoxy) is 1. The van der Waals surface area contributed by atoms with E-state index in [9.17, 15) is 9.59 Å². The lowest BCUT2D eigenvalue weighted by atomic mass is 9.75. The van der Waals surface area contributed by atoms with E-state index in [-0.39, 0.29) is 17.3 Å². The molecular formula is C16H19NO3. The second-order valence-corrected chi connectivity index (χ2v) is 5.72. The summed E-state index contributed by atoms with van der Waals surface area (Å²) in [5.74, 6) is -0.0151. The Hall–Kier alpha value is -1.68. The van der Waals surface area contributed by atoms with Crippen molar-refractivity contribution < 1.29 is 14.3 Å². The molecule has 106 valence electrons. The Morgan fingerprint density at radius 1 is 1.40 bits per heavy atom. The largest absolute Gasteiger partial charge is 0.378 e. The quantitative estimate of drug-likeness (QED) is 0.855. The van der Waals surface area contributed by atoms with E-state index in [0.717, 1.165) is 31.2 Å². The van der Waals surface area contributed by atoms with Crippen molar-refractivity contribution in [3.8, 4) is 0 Å². The molecule has 1 amide bonds. The third-order valence-electron chi connectivity index (χ3n) is 4.54. The molecular weight excluding hydrogens is 254 g/mol. The molecule has 0 aromatic heterocycles. The van der Waals surface area contributed by atoms with Crippen LogP contribution in [0.5, 0.6) is 0 Å². The molecule has 4 nitrogen and oxygen atoms in total. The lowest BCUT2D eigenvalue weighted by Gasteiger charge is -2.40. The van der Waals surface area contributed by atoms with E-state index < -0.39 is 0 Å². The molecule has 1 aliphatic carbocycles. The fraction of sp³-hybridized carbons (Fsp3) is 0.500. The van der Waals surface area contributed by atoms with Gasteiger partial charge < -0.3 is 10.1 Å². The zero-order valence-corrected chi connectivity index (χ0v) is 11.7. The van der Waals surface area contributed by atoms with E-state index in [0.29, 0.717) is 24.1 Å². The van der Waals surface area contributed by atoms with Crippen LogP contribution < -0.4 is 5.32 Å². The van der Waals surface area contributed by atoms with Gasteiger partial charge in [-0.15, -0.1) is 0 Å². The van der Waals surface area contributed by atoms with E-state index in [1.807, 2.05) is 12.1 Å². The van der Waals surface area contributed by atoms with Crippen LogP contribution in [-0.4, -0.2) is 30.9 Å². The second-order valence-electron chi connectivity index (χ2n) is 5.72. The zero-order chi connectivity index (χ0) is 14.2. The smallest absolute Gasteiger partial charge is 0.251 e. The molecule has 1 aromatic carbocycles. The Labute approximate surface area is 118 Å². The van der Waals surface area contributed by atoms with Crippen molar-refractivity contribution in [2.75, 3.05) is 13.7 Å². The maximum absolute atomic E-state index is 12.4. The Balaban J connectivity index is 1.82. The maximum Gasteiger partial charge on any atom is 0.251 e. The summed E-state index contributed by atoms with van der Waals surface area (Å²) >= 11 is 0. The first-order valence-corrected chi connectivity index (χ1v) is 7.13. The Kier molecular flexibility index (Phi) is 3.34. The molecule has 1 aliphatic heterocycles. The lowest BCUT2D eigenvalue weighted by molar-refractivity contribution is -0.0704. The van der Waals surface area contributed by atoms with E-state index in [2.05, 4.69) is 5.32 Å². The lowest BCUT2D eigenvalue weighted by Crippen LogP contribution is -2.41. The first kappa shape index (κ1) is 13.3. The van der Waals surface area contributed by atoms with Crippen LogP contribution in [-0.2, 0) is 11.2 Å². The van der Waals surface area contributed by atoms with E-state index in [1.165, 1.54) is 0 Å². The first-order valence-electron chi connectivity index (χ1n) is 7.13. The van der Waals surface area contributed by atoms with Gasteiger partial charge in [-0.05, 0) is 37.3 Å². The zero-order valence-electron chi connectivity index (χ0n) is 11.7. The van der Waals surface area contributed by atoms with Crippen LogP contribution in [0.15, 0.2) is 18.2 Å². The summed E-state index contributed by atoms with van der Waals surface area (Å²) < 4.78 is 5.50. The minimum Gasteiger partial charge on any atom is -0.378 e. The second kappa shape index (κ2) is 5.02. The Morgan fingerprint density at radius 3 is 2.85 bits per heavy atom. The summed E-state index contributed by atoms with van der Waals surface area (Å²) in [6.07, 6.45) is 4.25. The third kappa shape index (κ3) is 2.24. The monoisotopic (exact) mass is 273 g/mol. The van der Waals surface area contributed by atoms with Crippen LogP contribution >= 0.6 is 0 Å². The van der Waals surface area contributed by atoms with E-state index in [1.54, 1.807) is 13.2 Å². The number of fused-ring (bicyclic) bond motifs is 1. The molecule has 0 atom stereocenters. The Bertz CT molecular complexity index is 555. The van der Waals surface area contributed by atoms with Crippen LogP contribution in [0.1, 0.15) is 52.0 Å². The molecule has 20 heavy (non-hydrogen) atoms. The molecule has 1 N–H and O–H groups in total. The van der Waals surface area contributed by atoms with Crippen molar-refractivity contribution in [2.24, 2.45) is 0 Å². The normalized spacial score (nSPS) is 19.8. The SMILES string of the molecule is COC1(CC(=O)c2ccc3c(c2)C(=O)NCC3)CCC1. The third-order valence-corrected chi connectivity index (χ3v) is 4.54. The number of Topliss-reactive ketones (excluding diaryl/α,β-unsaturated/α-hetero) is 1. The summed E-state index contributed by atoms with van der Waals surface area (Å²) in [4.78, 5) is 24.2. The molecule has 3 rings (SSSR count). The van der Waals surface area contributed by atoms with Crippen molar-refractivity contribution in [3.05, 3.63) is 34.9 Å². The summed E-state index contributed by atoms with van der Waals surface area (Å²) in [5.41, 5.74) is 2.01. The fourth-order valence-corrected chi connectivity index (χ4v) is 3.00. The number of hydrogen-bond acceptors (Lipinski definition) is 3. The number of amides is 1. The average molecular weight is 273 g/mol. The highest BCUT2D eigenvalue weighted by molar-refractivity contribution is 6.02. The number of carbonyl (C=O) groups excluding carboxylic acids is 2. The van der Waals surface area contributed by atoms with Gasteiger partial charge in [-0.2, -0.15) is 0 Å². The van der Waals surface area contributed by atoms with Crippen LogP contribution in [0.4, 0.5) is 0 Å². The highest BCUT2D eigenvalue weighted by atomic mass is 16.5. The summed E-state index contributed by atoms with van der Waals surface area (Å²) in [7, 11) is 1.67. The molecule has 1 aromatic rings. The standard InChI is InChI=1S/C16H19NO3/c1-20-16(6-2-7-16)10-14(18)12-4-3-11-5-8-17-15(19)13(11)9-12/h3-4,9H,2,5-8,10H2,1H3,(H,17,19). The maximum atomic E-state index is 12.4. The fourth-order valence-electron chi connectivity index (χ4n) is 3.00. The van der Waals surface area contributed by atoms with Crippen LogP contribution in [0, 0.1) is 0 Å². The van der Waals surface area contributed by atoms with E-state index >= 15 is 0 Å². The highest BCUT2D eigenvalue weighted by Gasteiger charge is 2.39. The molecule has 1 heterocycles. The number of benzene rings is 1. The van der Waals surface area contributed by atoms with Gasteiger partial charge in [0.15, 0.2) is 5.78 Å². The van der Waals surface area contributed by atoms with Gasteiger partial charge in [-0.1, -0.05) is 12.1 Å². The first-order chi connectivity index (χ1) is 9.63. The van der Waals surface area contributed by atoms with Crippen LogP contribution in [0.2, 0.25) is 0 Å². The molecule has 4 heteroatoms. The molecule has 1 saturated carbocycles. The molecule has 0 saturated heterocycles. The average Bonchev–Trinajstić information content (AvgIpc) is 2.43. The summed E-state index contributed by atoms with van der Waals surface area (Å²) in [5, 5.41) is 2.81. The topological polar surface area (TPSA) is 55.4 Å². The Morgan fingerprint density at radius 2 is 2.20 bits per heavy atom. The number of ketones is 1. The number of hydrogen-bond donors (Lipinski definition) is 1. The number of rotatable bonds is 4. The van der Waals surface area contributed by atoms with Crippen molar-refractivity contribution in [1.29, 1.82) is 0 Å². The van der Waals surface area contributed by atoms with Gasteiger partial charge in [0, 0.05) is 31.2 Å². The summed E-state index contributed by atoms with van der Waals surface area (Å²) in [6, 6.07) is 5.47. The van der Waals surface area contributed by atoms with Gasteiger partial charge in [-0.3, -0.25) is 9.59 Å². The van der Waals surface area contributed by atoms with Crippen molar-refractivity contribution in [2.45, 2.75) is 37.7 Å². The highest BCUT2D eigenvalue weighted by Crippen LogP contribution is 2.38. The van der Waals surface area contributed by atoms with Crippen molar-refractivity contribution >= 4 is 11.7 Å². The predicted octanol–water partition coefficient (Wildman–Crippen LogP) is 2.11. The molecule has 2 aliphatic rings. The van der Waals surface area contributed by atoms with Gasteiger partial charge in [0.25, 0.3) is 5.91 Å². The minimum atomic E-state index is -0.269. The van der Waals surface area contributed by atoms with Crippen LogP contribution in [0.3, 0.4) is 0 Å². The molecule has 0 spiro atoms. The van der Waals surface area contributed by atoms with Gasteiger partial charge >= 0.3 is 0 Å². The van der Waals surface area contributed by atoms with Crippen molar-refractivity contribution in [1.82, 2.24) is 5.32 Å². The van der Waals surface area contributed by atoms with Gasteiger partial charge in [-0.25, -0.2) is 0 Å². The molecule has 0 unspecified atom stereocenters. The number of methoxy groups -OCH3 is 1. The number of carbonyl (C=O) groups is 2. The van der Waals surface area contributed by atoms with Gasteiger partial charge in [0.05, 0.1) is 5.60 Å². The van der Waals surface area contributed by atoms with Gasteiger partial charge in [0.1, 0.15) is 0 Å². The van der Waals surface area contributed by atoms with Gasteiger partial charge in [0.2, 0.25) is 0 Å².